The van der Waals surface area contributed by atoms with Crippen molar-refractivity contribution >= 4 is 16.1 Å². The third-order valence-corrected chi connectivity index (χ3v) is 7.20. The second-order valence-corrected chi connectivity index (χ2v) is 9.39. The molecule has 3 rings (SSSR count). The number of piperazine rings is 1. The molecule has 0 unspecified atom stereocenters. The predicted molar refractivity (Wildman–Crippen MR) is 104 cm³/mol. The van der Waals surface area contributed by atoms with Gasteiger partial charge in [-0.1, -0.05) is 24.3 Å². The van der Waals surface area contributed by atoms with Gasteiger partial charge in [0.15, 0.2) is 0 Å². The summed E-state index contributed by atoms with van der Waals surface area (Å²) in [5.74, 6) is 0.0509. The number of aryl methyl sites for hydroxylation is 1. The molecule has 27 heavy (non-hydrogen) atoms. The van der Waals surface area contributed by atoms with Gasteiger partial charge in [-0.15, -0.1) is 0 Å². The van der Waals surface area contributed by atoms with E-state index < -0.39 is 10.2 Å². The van der Waals surface area contributed by atoms with Gasteiger partial charge in [-0.2, -0.15) is 17.0 Å². The van der Waals surface area contributed by atoms with E-state index in [1.54, 1.807) is 4.90 Å². The van der Waals surface area contributed by atoms with Crippen molar-refractivity contribution in [2.45, 2.75) is 39.4 Å². The summed E-state index contributed by atoms with van der Waals surface area (Å²) in [5.41, 5.74) is 2.12. The molecule has 0 radical (unpaired) electrons. The molecule has 0 N–H and O–H groups in total. The SMILES string of the molecule is Cc1ccccc1CC(=O)N1CCN(S(=O)(=O)N2C[C@H](C)O[C@@H](C)C2)CC1. The molecule has 2 aliphatic rings. The van der Waals surface area contributed by atoms with Crippen molar-refractivity contribution in [3.63, 3.8) is 0 Å². The van der Waals surface area contributed by atoms with E-state index in [1.165, 1.54) is 8.61 Å². The van der Waals surface area contributed by atoms with E-state index in [-0.39, 0.29) is 18.1 Å². The van der Waals surface area contributed by atoms with E-state index >= 15 is 0 Å². The number of rotatable bonds is 4. The molecule has 2 saturated heterocycles. The van der Waals surface area contributed by atoms with Gasteiger partial charge in [0, 0.05) is 39.3 Å². The standard InChI is InChI=1S/C19H29N3O4S/c1-15-6-4-5-7-18(15)12-19(23)20-8-10-21(11-9-20)27(24,25)22-13-16(2)26-17(3)14-22/h4-7,16-17H,8-14H2,1-3H3/t16-,17-/m0/s1. The molecule has 7 nitrogen and oxygen atoms in total. The summed E-state index contributed by atoms with van der Waals surface area (Å²) in [6.07, 6.45) is 0.138. The number of carbonyl (C=O) groups excluding carboxylic acids is 1. The Balaban J connectivity index is 1.58. The third-order valence-electron chi connectivity index (χ3n) is 5.23. The zero-order chi connectivity index (χ0) is 19.6. The predicted octanol–water partition coefficient (Wildman–Crippen LogP) is 1.04. The summed E-state index contributed by atoms with van der Waals surface area (Å²) in [6, 6.07) is 7.86. The van der Waals surface area contributed by atoms with Gasteiger partial charge in [-0.3, -0.25) is 4.79 Å². The maximum atomic E-state index is 12.9. The van der Waals surface area contributed by atoms with E-state index in [9.17, 15) is 13.2 Å². The fourth-order valence-electron chi connectivity index (χ4n) is 3.73. The van der Waals surface area contributed by atoms with E-state index in [1.807, 2.05) is 45.0 Å². The molecule has 0 saturated carbocycles. The number of nitrogens with zero attached hydrogens (tertiary/aromatic N) is 3. The Morgan fingerprint density at radius 3 is 2.22 bits per heavy atom. The minimum atomic E-state index is -3.52. The average Bonchev–Trinajstić information content (AvgIpc) is 2.63. The smallest absolute Gasteiger partial charge is 0.282 e. The Morgan fingerprint density at radius 2 is 1.63 bits per heavy atom. The molecular weight excluding hydrogens is 366 g/mol. The highest BCUT2D eigenvalue weighted by molar-refractivity contribution is 7.86. The van der Waals surface area contributed by atoms with E-state index in [2.05, 4.69) is 0 Å². The zero-order valence-corrected chi connectivity index (χ0v) is 17.1. The monoisotopic (exact) mass is 395 g/mol. The summed E-state index contributed by atoms with van der Waals surface area (Å²) in [4.78, 5) is 14.4. The zero-order valence-electron chi connectivity index (χ0n) is 16.3. The Kier molecular flexibility index (Phi) is 6.20. The molecule has 1 aromatic rings. The highest BCUT2D eigenvalue weighted by Crippen LogP contribution is 2.19. The molecule has 2 atom stereocenters. The van der Waals surface area contributed by atoms with E-state index in [0.29, 0.717) is 45.7 Å². The fraction of sp³-hybridized carbons (Fsp3) is 0.632. The van der Waals surface area contributed by atoms with Crippen molar-refractivity contribution in [2.75, 3.05) is 39.3 Å². The van der Waals surface area contributed by atoms with Crippen LogP contribution in [0.1, 0.15) is 25.0 Å². The molecule has 0 spiro atoms. The second kappa shape index (κ2) is 8.26. The van der Waals surface area contributed by atoms with Gasteiger partial charge in [0.05, 0.1) is 18.6 Å². The Labute approximate surface area is 162 Å². The van der Waals surface area contributed by atoms with Crippen molar-refractivity contribution in [3.8, 4) is 0 Å². The van der Waals surface area contributed by atoms with Gasteiger partial charge in [0.25, 0.3) is 10.2 Å². The summed E-state index contributed by atoms with van der Waals surface area (Å²) < 4.78 is 34.5. The van der Waals surface area contributed by atoms with Gasteiger partial charge in [0.2, 0.25) is 5.91 Å². The summed E-state index contributed by atoms with van der Waals surface area (Å²) in [5, 5.41) is 0. The van der Waals surface area contributed by atoms with Crippen LogP contribution in [0.15, 0.2) is 24.3 Å². The van der Waals surface area contributed by atoms with Crippen LogP contribution >= 0.6 is 0 Å². The summed E-state index contributed by atoms with van der Waals surface area (Å²) in [7, 11) is -3.52. The summed E-state index contributed by atoms with van der Waals surface area (Å²) >= 11 is 0. The minimum absolute atomic E-state index is 0.0509. The number of hydrogen-bond donors (Lipinski definition) is 0. The molecular formula is C19H29N3O4S. The number of amides is 1. The largest absolute Gasteiger partial charge is 0.373 e. The van der Waals surface area contributed by atoms with Crippen LogP contribution in [-0.2, 0) is 26.2 Å². The Bertz CT molecular complexity index is 765. The first-order valence-electron chi connectivity index (χ1n) is 9.50. The van der Waals surface area contributed by atoms with Crippen LogP contribution in [-0.4, -0.2) is 79.3 Å². The van der Waals surface area contributed by atoms with Gasteiger partial charge in [-0.05, 0) is 31.9 Å². The molecule has 0 aromatic heterocycles. The van der Waals surface area contributed by atoms with Crippen molar-refractivity contribution in [1.29, 1.82) is 0 Å². The minimum Gasteiger partial charge on any atom is -0.373 e. The molecule has 2 aliphatic heterocycles. The number of morpholine rings is 1. The van der Waals surface area contributed by atoms with Crippen molar-refractivity contribution < 1.29 is 17.9 Å². The number of carbonyl (C=O) groups is 1. The lowest BCUT2D eigenvalue weighted by Gasteiger charge is -2.40. The van der Waals surface area contributed by atoms with Gasteiger partial charge >= 0.3 is 0 Å². The van der Waals surface area contributed by atoms with Gasteiger partial charge in [0.1, 0.15) is 0 Å². The van der Waals surface area contributed by atoms with Crippen LogP contribution in [0.2, 0.25) is 0 Å². The fourth-order valence-corrected chi connectivity index (χ4v) is 5.48. The van der Waals surface area contributed by atoms with Gasteiger partial charge in [-0.25, -0.2) is 0 Å². The van der Waals surface area contributed by atoms with Crippen LogP contribution in [0, 0.1) is 6.92 Å². The molecule has 150 valence electrons. The van der Waals surface area contributed by atoms with Crippen LogP contribution in [0.4, 0.5) is 0 Å². The first kappa shape index (κ1) is 20.3. The Morgan fingerprint density at radius 1 is 1.04 bits per heavy atom. The van der Waals surface area contributed by atoms with E-state index in [0.717, 1.165) is 11.1 Å². The molecule has 8 heteroatoms. The number of benzene rings is 1. The lowest BCUT2D eigenvalue weighted by Crippen LogP contribution is -2.57. The average molecular weight is 396 g/mol. The quantitative estimate of drug-likeness (QED) is 0.764. The molecule has 1 aromatic carbocycles. The van der Waals surface area contributed by atoms with Crippen LogP contribution in [0.25, 0.3) is 0 Å². The Hall–Kier alpha value is -1.48. The summed E-state index contributed by atoms with van der Waals surface area (Å²) in [6.45, 7) is 8.05. The molecule has 0 bridgehead atoms. The van der Waals surface area contributed by atoms with Crippen molar-refractivity contribution in [3.05, 3.63) is 35.4 Å². The lowest BCUT2D eigenvalue weighted by molar-refractivity contribution is -0.131. The van der Waals surface area contributed by atoms with Crippen LogP contribution in [0.5, 0.6) is 0 Å². The topological polar surface area (TPSA) is 70.2 Å². The van der Waals surface area contributed by atoms with Crippen molar-refractivity contribution in [1.82, 2.24) is 13.5 Å². The number of ether oxygens (including phenoxy) is 1. The van der Waals surface area contributed by atoms with E-state index in [4.69, 9.17) is 4.74 Å². The maximum Gasteiger partial charge on any atom is 0.282 e. The molecule has 0 aliphatic carbocycles. The van der Waals surface area contributed by atoms with Gasteiger partial charge < -0.3 is 9.64 Å². The van der Waals surface area contributed by atoms with Crippen LogP contribution in [0.3, 0.4) is 0 Å². The first-order chi connectivity index (χ1) is 12.8. The second-order valence-electron chi connectivity index (χ2n) is 7.47. The first-order valence-corrected chi connectivity index (χ1v) is 10.9. The number of hydrogen-bond acceptors (Lipinski definition) is 4. The normalized spacial score (nSPS) is 25.5. The maximum absolute atomic E-state index is 12.9. The van der Waals surface area contributed by atoms with Crippen molar-refractivity contribution in [2.24, 2.45) is 0 Å². The molecule has 1 amide bonds. The highest BCUT2D eigenvalue weighted by Gasteiger charge is 2.37. The lowest BCUT2D eigenvalue weighted by atomic mass is 10.1. The molecule has 2 fully saturated rings. The highest BCUT2D eigenvalue weighted by atomic mass is 32.2. The third kappa shape index (κ3) is 4.68. The van der Waals surface area contributed by atoms with Crippen LogP contribution < -0.4 is 0 Å². The molecule has 2 heterocycles.